The van der Waals surface area contributed by atoms with Crippen LogP contribution >= 0.6 is 0 Å². The number of likely N-dealkylation sites (tertiary alicyclic amines) is 1. The van der Waals surface area contributed by atoms with Crippen LogP contribution in [0.1, 0.15) is 36.2 Å². The zero-order valence-corrected chi connectivity index (χ0v) is 12.7. The minimum Gasteiger partial charge on any atom is -0.386 e. The van der Waals surface area contributed by atoms with Gasteiger partial charge in [0.05, 0.1) is 12.7 Å². The second-order valence-electron chi connectivity index (χ2n) is 6.50. The average molecular weight is 318 g/mol. The van der Waals surface area contributed by atoms with Crippen molar-refractivity contribution in [3.63, 3.8) is 0 Å². The van der Waals surface area contributed by atoms with Gasteiger partial charge in [-0.2, -0.15) is 0 Å². The van der Waals surface area contributed by atoms with E-state index < -0.39 is 5.60 Å². The summed E-state index contributed by atoms with van der Waals surface area (Å²) in [7, 11) is 0. The van der Waals surface area contributed by atoms with Gasteiger partial charge in [-0.05, 0) is 18.8 Å². The topological polar surface area (TPSA) is 97.0 Å². The van der Waals surface area contributed by atoms with E-state index in [1.54, 1.807) is 4.90 Å². The van der Waals surface area contributed by atoms with Crippen LogP contribution in [0.4, 0.5) is 0 Å². The van der Waals surface area contributed by atoms with Gasteiger partial charge in [0.1, 0.15) is 5.71 Å². The summed E-state index contributed by atoms with van der Waals surface area (Å²) in [4.78, 5) is 31.6. The van der Waals surface area contributed by atoms with Crippen molar-refractivity contribution in [2.45, 2.75) is 31.3 Å². The van der Waals surface area contributed by atoms with Gasteiger partial charge in [0.25, 0.3) is 11.8 Å². The molecule has 23 heavy (non-hydrogen) atoms. The lowest BCUT2D eigenvalue weighted by atomic mass is 9.96. The number of hydrogen-bond acceptors (Lipinski definition) is 6. The molecule has 1 spiro atoms. The van der Waals surface area contributed by atoms with Crippen LogP contribution in [0.15, 0.2) is 21.9 Å². The molecule has 1 aliphatic carbocycles. The minimum absolute atomic E-state index is 0.159. The fourth-order valence-corrected chi connectivity index (χ4v) is 3.02. The summed E-state index contributed by atoms with van der Waals surface area (Å²) in [5.41, 5.74) is -0.165. The molecule has 1 atom stereocenters. The summed E-state index contributed by atoms with van der Waals surface area (Å²) in [5.74, 6) is 0.462. The number of amides is 2. The SMILES string of the molecule is O=C(NCC1CC1)C1=NO[C@@]2(CCN(C(=O)c3ccno3)C2)C1. The third-order valence-electron chi connectivity index (χ3n) is 4.60. The number of carbonyl (C=O) groups is 2. The highest BCUT2D eigenvalue weighted by atomic mass is 16.7. The molecule has 2 fully saturated rings. The summed E-state index contributed by atoms with van der Waals surface area (Å²) >= 11 is 0. The number of nitrogens with one attached hydrogen (secondary N) is 1. The quantitative estimate of drug-likeness (QED) is 0.875. The Morgan fingerprint density at radius 3 is 3.04 bits per heavy atom. The summed E-state index contributed by atoms with van der Waals surface area (Å²) in [6, 6.07) is 1.54. The van der Waals surface area contributed by atoms with E-state index in [9.17, 15) is 9.59 Å². The molecule has 1 saturated carbocycles. The molecule has 122 valence electrons. The standard InChI is InChI=1S/C15H18N4O4/c20-13(16-8-10-1-2-10)11-7-15(23-18-11)4-6-19(9-15)14(21)12-3-5-17-22-12/h3,5,10H,1-2,4,6-9H2,(H,16,20)/t15-/m0/s1. The Morgan fingerprint density at radius 2 is 2.30 bits per heavy atom. The van der Waals surface area contributed by atoms with Crippen LogP contribution in [0, 0.1) is 5.92 Å². The maximum atomic E-state index is 12.3. The van der Waals surface area contributed by atoms with Crippen LogP contribution in [0.3, 0.4) is 0 Å². The van der Waals surface area contributed by atoms with Crippen molar-refractivity contribution in [2.24, 2.45) is 11.1 Å². The van der Waals surface area contributed by atoms with Crippen LogP contribution in [0.5, 0.6) is 0 Å². The Kier molecular flexibility index (Phi) is 3.32. The molecule has 2 amide bonds. The van der Waals surface area contributed by atoms with Crippen molar-refractivity contribution >= 4 is 17.5 Å². The maximum absolute atomic E-state index is 12.3. The van der Waals surface area contributed by atoms with Gasteiger partial charge < -0.3 is 19.6 Å². The molecule has 8 nitrogen and oxygen atoms in total. The molecule has 0 bridgehead atoms. The molecular weight excluding hydrogens is 300 g/mol. The monoisotopic (exact) mass is 318 g/mol. The average Bonchev–Trinajstić information content (AvgIpc) is 3.00. The molecule has 1 aromatic rings. The molecule has 1 saturated heterocycles. The van der Waals surface area contributed by atoms with Crippen molar-refractivity contribution < 1.29 is 18.9 Å². The number of oxime groups is 1. The van der Waals surface area contributed by atoms with Crippen molar-refractivity contribution in [3.05, 3.63) is 18.0 Å². The molecular formula is C15H18N4O4. The molecule has 2 aliphatic heterocycles. The van der Waals surface area contributed by atoms with Gasteiger partial charge in [0.2, 0.25) is 5.76 Å². The lowest BCUT2D eigenvalue weighted by Gasteiger charge is -2.20. The zero-order valence-electron chi connectivity index (χ0n) is 12.7. The van der Waals surface area contributed by atoms with E-state index in [2.05, 4.69) is 15.6 Å². The van der Waals surface area contributed by atoms with E-state index in [0.717, 1.165) is 0 Å². The van der Waals surface area contributed by atoms with Crippen molar-refractivity contribution in [2.75, 3.05) is 19.6 Å². The first-order chi connectivity index (χ1) is 11.2. The lowest BCUT2D eigenvalue weighted by molar-refractivity contribution is -0.115. The summed E-state index contributed by atoms with van der Waals surface area (Å²) in [5, 5.41) is 10.4. The molecule has 1 N–H and O–H groups in total. The number of aromatic nitrogens is 1. The first kappa shape index (κ1) is 14.2. The van der Waals surface area contributed by atoms with Gasteiger partial charge in [-0.15, -0.1) is 0 Å². The van der Waals surface area contributed by atoms with E-state index >= 15 is 0 Å². The number of hydrogen-bond donors (Lipinski definition) is 1. The number of rotatable bonds is 4. The smallest absolute Gasteiger partial charge is 0.292 e. The van der Waals surface area contributed by atoms with Crippen LogP contribution in [-0.4, -0.2) is 52.8 Å². The van der Waals surface area contributed by atoms with Crippen molar-refractivity contribution in [1.29, 1.82) is 0 Å². The van der Waals surface area contributed by atoms with Crippen LogP contribution in [0.25, 0.3) is 0 Å². The van der Waals surface area contributed by atoms with Crippen LogP contribution < -0.4 is 5.32 Å². The second kappa shape index (κ2) is 5.36. The normalized spacial score (nSPS) is 26.3. The first-order valence-electron chi connectivity index (χ1n) is 7.88. The second-order valence-corrected chi connectivity index (χ2v) is 6.50. The van der Waals surface area contributed by atoms with Gasteiger partial charge in [-0.25, -0.2) is 0 Å². The summed E-state index contributed by atoms with van der Waals surface area (Å²) in [6.07, 6.45) is 4.90. The molecule has 8 heteroatoms. The third kappa shape index (κ3) is 2.80. The Morgan fingerprint density at radius 1 is 1.43 bits per heavy atom. The summed E-state index contributed by atoms with van der Waals surface area (Å²) in [6.45, 7) is 1.66. The van der Waals surface area contributed by atoms with E-state index in [-0.39, 0.29) is 17.6 Å². The van der Waals surface area contributed by atoms with Gasteiger partial charge >= 0.3 is 0 Å². The van der Waals surface area contributed by atoms with Gasteiger partial charge in [0, 0.05) is 32.0 Å². The zero-order chi connectivity index (χ0) is 15.9. The van der Waals surface area contributed by atoms with E-state index in [1.807, 2.05) is 0 Å². The van der Waals surface area contributed by atoms with Crippen molar-refractivity contribution in [1.82, 2.24) is 15.4 Å². The van der Waals surface area contributed by atoms with Gasteiger partial charge in [-0.1, -0.05) is 10.3 Å². The van der Waals surface area contributed by atoms with E-state index in [4.69, 9.17) is 9.36 Å². The molecule has 3 aliphatic rings. The predicted octanol–water partition coefficient (Wildman–Crippen LogP) is 0.562. The Bertz CT molecular complexity index is 652. The molecule has 4 rings (SSSR count). The fourth-order valence-electron chi connectivity index (χ4n) is 3.02. The van der Waals surface area contributed by atoms with Crippen LogP contribution in [0.2, 0.25) is 0 Å². The highest BCUT2D eigenvalue weighted by molar-refractivity contribution is 6.39. The van der Waals surface area contributed by atoms with Gasteiger partial charge in [0.15, 0.2) is 5.60 Å². The van der Waals surface area contributed by atoms with E-state index in [1.165, 1.54) is 25.1 Å². The molecule has 3 heterocycles. The van der Waals surface area contributed by atoms with E-state index in [0.29, 0.717) is 44.1 Å². The minimum atomic E-state index is -0.581. The number of carbonyl (C=O) groups excluding carboxylic acids is 2. The largest absolute Gasteiger partial charge is 0.386 e. The predicted molar refractivity (Wildman–Crippen MR) is 78.6 cm³/mol. The molecule has 0 radical (unpaired) electrons. The highest BCUT2D eigenvalue weighted by Gasteiger charge is 2.48. The fraction of sp³-hybridized carbons (Fsp3) is 0.600. The lowest BCUT2D eigenvalue weighted by Crippen LogP contribution is -2.38. The number of nitrogens with zero attached hydrogens (tertiary/aromatic N) is 3. The first-order valence-corrected chi connectivity index (χ1v) is 7.88. The third-order valence-corrected chi connectivity index (χ3v) is 4.60. The molecule has 0 aromatic carbocycles. The van der Waals surface area contributed by atoms with Crippen LogP contribution in [-0.2, 0) is 9.63 Å². The Labute approximate surface area is 132 Å². The Balaban J connectivity index is 1.34. The van der Waals surface area contributed by atoms with Crippen molar-refractivity contribution in [3.8, 4) is 0 Å². The Hall–Kier alpha value is -2.38. The molecule has 0 unspecified atom stereocenters. The van der Waals surface area contributed by atoms with Gasteiger partial charge in [-0.3, -0.25) is 9.59 Å². The molecule has 1 aromatic heterocycles. The highest BCUT2D eigenvalue weighted by Crippen LogP contribution is 2.34. The summed E-state index contributed by atoms with van der Waals surface area (Å²) < 4.78 is 4.90. The maximum Gasteiger partial charge on any atom is 0.292 e.